The van der Waals surface area contributed by atoms with Gasteiger partial charge in [0.15, 0.2) is 0 Å². The van der Waals surface area contributed by atoms with E-state index in [2.05, 4.69) is 204 Å². The topological polar surface area (TPSA) is 0 Å². The maximum atomic E-state index is 2.47. The Hall–Kier alpha value is -3.51. The van der Waals surface area contributed by atoms with Crippen molar-refractivity contribution < 1.29 is 0 Å². The molecule has 0 aliphatic rings. The first-order valence-corrected chi connectivity index (χ1v) is 24.8. The van der Waals surface area contributed by atoms with Crippen LogP contribution in [0.2, 0.25) is 0 Å². The van der Waals surface area contributed by atoms with Gasteiger partial charge in [-0.3, -0.25) is 0 Å². The lowest BCUT2D eigenvalue weighted by Gasteiger charge is -2.33. The molecule has 0 aromatic heterocycles. The van der Waals surface area contributed by atoms with Crippen LogP contribution in [0.25, 0.3) is 76.5 Å². The Morgan fingerprint density at radius 3 is 0.485 bits per heavy atom. The monoisotopic (exact) mass is 819 g/mol. The average Bonchev–Trinajstić information content (AvgIpc) is 3.28. The van der Waals surface area contributed by atoms with Crippen LogP contribution in [-0.2, 0) is 0 Å². The van der Waals surface area contributed by atoms with Crippen molar-refractivity contribution >= 4 is 389 Å². The molecular formula is C40H52B26. The molecule has 0 bridgehead atoms. The van der Waals surface area contributed by atoms with Gasteiger partial charge in [0, 0.05) is 0 Å². The molecular weight excluding hydrogens is 762 g/mol. The van der Waals surface area contributed by atoms with Crippen molar-refractivity contribution in [2.75, 3.05) is 0 Å². The molecule has 290 valence electrons. The molecule has 8 aromatic rings. The third kappa shape index (κ3) is 6.29. The number of hydrogen-bond donors (Lipinski definition) is 0. The largest absolute Gasteiger partial charge is 0.140 e. The Balaban J connectivity index is 1.71. The summed E-state index contributed by atoms with van der Waals surface area (Å²) in [5.74, 6) is 0. The number of hydrogen-bond acceptors (Lipinski definition) is 0. The molecule has 0 fully saturated rings. The van der Waals surface area contributed by atoms with Crippen LogP contribution in [-0.4, -0.2) is 204 Å². The van der Waals surface area contributed by atoms with Gasteiger partial charge in [0.25, 0.3) is 0 Å². The summed E-state index contributed by atoms with van der Waals surface area (Å²) in [5, 5.41) is 11.5. The molecule has 0 saturated carbocycles. The van der Waals surface area contributed by atoms with Crippen LogP contribution in [0.15, 0.2) is 0 Å². The first kappa shape index (κ1) is 48.9. The van der Waals surface area contributed by atoms with Crippen LogP contribution in [0.1, 0.15) is 0 Å². The molecule has 8 aromatic carbocycles. The van der Waals surface area contributed by atoms with Crippen LogP contribution in [0.3, 0.4) is 0 Å². The van der Waals surface area contributed by atoms with Gasteiger partial charge in [0.1, 0.15) is 204 Å². The van der Waals surface area contributed by atoms with E-state index >= 15 is 0 Å². The maximum Gasteiger partial charge on any atom is 0.140 e. The van der Waals surface area contributed by atoms with E-state index in [0.717, 1.165) is 0 Å². The molecule has 0 nitrogen and oxygen atoms in total. The van der Waals surface area contributed by atoms with Gasteiger partial charge in [-0.1, -0.05) is 92.9 Å². The second-order valence-electron chi connectivity index (χ2n) is 21.5. The highest BCUT2D eigenvalue weighted by Crippen LogP contribution is 2.39. The third-order valence-corrected chi connectivity index (χ3v) is 19.2. The van der Waals surface area contributed by atoms with Gasteiger partial charge in [0.2, 0.25) is 0 Å². The van der Waals surface area contributed by atoms with Gasteiger partial charge in [-0.2, -0.15) is 0 Å². The van der Waals surface area contributed by atoms with Crippen molar-refractivity contribution in [3.63, 3.8) is 0 Å². The predicted molar refractivity (Wildman–Crippen MR) is 385 cm³/mol. The van der Waals surface area contributed by atoms with E-state index in [1.54, 1.807) is 0 Å². The quantitative estimate of drug-likeness (QED) is 0.123. The Kier molecular flexibility index (Phi) is 12.3. The summed E-state index contributed by atoms with van der Waals surface area (Å²) in [5.41, 5.74) is 45.1. The van der Waals surface area contributed by atoms with E-state index in [4.69, 9.17) is 0 Å². The van der Waals surface area contributed by atoms with Crippen molar-refractivity contribution in [2.45, 2.75) is 0 Å². The molecule has 0 aliphatic carbocycles. The molecule has 0 spiro atoms. The van der Waals surface area contributed by atoms with Gasteiger partial charge >= 0.3 is 0 Å². The fourth-order valence-electron chi connectivity index (χ4n) is 13.5. The van der Waals surface area contributed by atoms with Crippen LogP contribution >= 0.6 is 0 Å². The Bertz CT molecular complexity index is 3570. The summed E-state index contributed by atoms with van der Waals surface area (Å²) in [6.07, 6.45) is 0. The number of rotatable bonds is 3. The molecule has 0 saturated heterocycles. The molecule has 0 heterocycles. The normalized spacial score (nSPS) is 11.7. The first-order valence-electron chi connectivity index (χ1n) is 24.8. The minimum absolute atomic E-state index is 1.39. The second-order valence-corrected chi connectivity index (χ2v) is 21.5. The Morgan fingerprint density at radius 1 is 0.0909 bits per heavy atom. The van der Waals surface area contributed by atoms with Gasteiger partial charge in [-0.15, -0.1) is 49.2 Å². The van der Waals surface area contributed by atoms with E-state index in [1.165, 1.54) is 219 Å². The van der Waals surface area contributed by atoms with Crippen molar-refractivity contribution in [1.29, 1.82) is 0 Å². The van der Waals surface area contributed by atoms with Crippen molar-refractivity contribution in [1.82, 2.24) is 0 Å². The van der Waals surface area contributed by atoms with Gasteiger partial charge in [-0.25, -0.2) is 0 Å². The highest BCUT2D eigenvalue weighted by molar-refractivity contribution is 6.77. The summed E-state index contributed by atoms with van der Waals surface area (Å²) in [4.78, 5) is 0. The maximum absolute atomic E-state index is 2.47. The summed E-state index contributed by atoms with van der Waals surface area (Å²) < 4.78 is 0. The Labute approximate surface area is 419 Å². The van der Waals surface area contributed by atoms with Crippen LogP contribution in [0.5, 0.6) is 0 Å². The van der Waals surface area contributed by atoms with Gasteiger partial charge in [-0.05, 0) is 76.5 Å². The summed E-state index contributed by atoms with van der Waals surface area (Å²) >= 11 is 0. The average molecular weight is 814 g/mol. The first-order chi connectivity index (χ1) is 30.7. The number of fused-ring (bicyclic) bond motifs is 4. The van der Waals surface area contributed by atoms with Gasteiger partial charge < -0.3 is 0 Å². The standard InChI is InChI=1S/C40H52B26/c41-15-7(22(48)24(50)13-11(15)28(54)37(63)39(65)30(13)56)1-3-5(20(46)35(61)33(59)18(3)44)2(6-4(1)19(45)34(60)36(62)21(6)47)8-16(42)10(27(53)32(58)26(8)52)9-17(43)12-14(25(51)23(9)49)31(57)40(66)38(64)29(12)55/h41-66H2. The highest BCUT2D eigenvalue weighted by Gasteiger charge is 2.31. The lowest BCUT2D eigenvalue weighted by atomic mass is 9.55. The second kappa shape index (κ2) is 16.6. The summed E-state index contributed by atoms with van der Waals surface area (Å²) in [7, 11) is 62.1. The lowest BCUT2D eigenvalue weighted by Crippen LogP contribution is -2.53. The molecule has 0 aliphatic heterocycles. The lowest BCUT2D eigenvalue weighted by molar-refractivity contribution is 1.82. The van der Waals surface area contributed by atoms with Crippen LogP contribution < -0.4 is 142 Å². The zero-order valence-corrected chi connectivity index (χ0v) is 46.0. The van der Waals surface area contributed by atoms with Gasteiger partial charge in [0.05, 0.1) is 0 Å². The van der Waals surface area contributed by atoms with Crippen LogP contribution in [0.4, 0.5) is 0 Å². The molecule has 66 heavy (non-hydrogen) atoms. The van der Waals surface area contributed by atoms with E-state index in [9.17, 15) is 0 Å². The van der Waals surface area contributed by atoms with E-state index in [1.807, 2.05) is 0 Å². The molecule has 26 heteroatoms. The van der Waals surface area contributed by atoms with E-state index in [-0.39, 0.29) is 0 Å². The zero-order chi connectivity index (χ0) is 49.1. The van der Waals surface area contributed by atoms with Crippen molar-refractivity contribution in [3.8, 4) is 33.4 Å². The van der Waals surface area contributed by atoms with Crippen LogP contribution in [0, 0.1) is 0 Å². The predicted octanol–water partition coefficient (Wildman–Crippen LogP) is -34.0. The Morgan fingerprint density at radius 2 is 0.227 bits per heavy atom. The minimum Gasteiger partial charge on any atom is -0.101 e. The van der Waals surface area contributed by atoms with E-state index in [0.29, 0.717) is 0 Å². The minimum atomic E-state index is 1.39. The molecule has 0 radical (unpaired) electrons. The molecule has 0 N–H and O–H groups in total. The fourth-order valence-corrected chi connectivity index (χ4v) is 13.5. The summed E-state index contributed by atoms with van der Waals surface area (Å²) in [6, 6.07) is 0. The third-order valence-electron chi connectivity index (χ3n) is 19.2. The summed E-state index contributed by atoms with van der Waals surface area (Å²) in [6.45, 7) is 0. The van der Waals surface area contributed by atoms with Crippen molar-refractivity contribution in [2.24, 2.45) is 0 Å². The fraction of sp³-hybridized carbons (Fsp3) is 0. The highest BCUT2D eigenvalue weighted by atomic mass is 14.3. The zero-order valence-electron chi connectivity index (χ0n) is 46.0. The smallest absolute Gasteiger partial charge is 0.101 e. The molecule has 0 amide bonds. The molecule has 0 atom stereocenters. The molecule has 0 unspecified atom stereocenters. The van der Waals surface area contributed by atoms with Crippen molar-refractivity contribution in [3.05, 3.63) is 0 Å². The SMILES string of the molecule is Bc1c(B)c(-c2c(B)c(B)c3c(B)c(B)c(B)c(B)c3c2B)c(B)c(-c2c3c(B)c(B)c(B)c(B)c3c(-c3c(B)c(B)c4c(B)c(B)c(B)c(B)c4c3B)c3c(B)c(B)c(B)c(B)c23)c1B. The molecule has 8 rings (SSSR count). The van der Waals surface area contributed by atoms with E-state index < -0.39 is 0 Å². The number of benzene rings is 8.